The summed E-state index contributed by atoms with van der Waals surface area (Å²) < 4.78 is 41.2. The van der Waals surface area contributed by atoms with Crippen LogP contribution < -0.4 is 4.74 Å². The molecule has 2 heterocycles. The summed E-state index contributed by atoms with van der Waals surface area (Å²) in [5.74, 6) is 0.755. The van der Waals surface area contributed by atoms with Gasteiger partial charge in [0.05, 0.1) is 24.7 Å². The second kappa shape index (κ2) is 10.9. The summed E-state index contributed by atoms with van der Waals surface area (Å²) in [6.07, 6.45) is 8.08. The van der Waals surface area contributed by atoms with Crippen molar-refractivity contribution in [1.82, 2.24) is 0 Å². The van der Waals surface area contributed by atoms with Crippen LogP contribution in [0.1, 0.15) is 38.2 Å². The minimum absolute atomic E-state index is 0.0268. The van der Waals surface area contributed by atoms with E-state index in [0.717, 1.165) is 42.7 Å². The van der Waals surface area contributed by atoms with E-state index < -0.39 is 9.84 Å². The zero-order valence-electron chi connectivity index (χ0n) is 17.1. The zero-order chi connectivity index (χ0) is 20.5. The Bertz CT molecular complexity index is 801. The Balaban J connectivity index is 1.56. The molecule has 1 aromatic carbocycles. The minimum Gasteiger partial charge on any atom is -0.493 e. The molecule has 7 heteroatoms. The number of hydrogen-bond acceptors (Lipinski definition) is 6. The summed E-state index contributed by atoms with van der Waals surface area (Å²) in [6, 6.07) is 7.93. The summed E-state index contributed by atoms with van der Waals surface area (Å²) in [5, 5.41) is 0. The van der Waals surface area contributed by atoms with Crippen molar-refractivity contribution in [3.63, 3.8) is 0 Å². The summed E-state index contributed by atoms with van der Waals surface area (Å²) in [4.78, 5) is 4.52. The number of rotatable bonds is 9. The highest BCUT2D eigenvalue weighted by atomic mass is 32.2. The van der Waals surface area contributed by atoms with Gasteiger partial charge in [-0.15, -0.1) is 0 Å². The molecular weight excluding hydrogens is 390 g/mol. The zero-order valence-corrected chi connectivity index (χ0v) is 17.9. The number of hydrogen-bond donors (Lipinski definition) is 0. The van der Waals surface area contributed by atoms with Crippen LogP contribution in [0.5, 0.6) is 5.75 Å². The van der Waals surface area contributed by atoms with E-state index in [1.807, 2.05) is 30.5 Å². The van der Waals surface area contributed by atoms with Crippen molar-refractivity contribution in [2.24, 2.45) is 16.8 Å². The standard InChI is InChI=1S/C22H31NO5S/c1-2-26-17-29(24,25)16-19-11-13-27-14-20(19)15-28-21-9-7-18(8-10-21)22-6-4-3-5-12-23-22/h6-10,12,19-20H,2-5,11,13-17H2,1H3. The van der Waals surface area contributed by atoms with E-state index in [-0.39, 0.29) is 23.5 Å². The van der Waals surface area contributed by atoms with Gasteiger partial charge in [0.25, 0.3) is 0 Å². The summed E-state index contributed by atoms with van der Waals surface area (Å²) in [5.41, 5.74) is 2.09. The lowest BCUT2D eigenvalue weighted by Crippen LogP contribution is -2.36. The molecule has 2 unspecified atom stereocenters. The lowest BCUT2D eigenvalue weighted by molar-refractivity contribution is 0.00431. The third-order valence-corrected chi connectivity index (χ3v) is 6.75. The first-order valence-corrected chi connectivity index (χ1v) is 12.2. The molecule has 0 N–H and O–H groups in total. The maximum absolute atomic E-state index is 12.3. The first kappa shape index (κ1) is 22.0. The van der Waals surface area contributed by atoms with Crippen molar-refractivity contribution in [1.29, 1.82) is 0 Å². The van der Waals surface area contributed by atoms with Crippen molar-refractivity contribution < 1.29 is 22.6 Å². The van der Waals surface area contributed by atoms with Gasteiger partial charge in [-0.2, -0.15) is 0 Å². The molecule has 0 spiro atoms. The van der Waals surface area contributed by atoms with Gasteiger partial charge in [0, 0.05) is 30.9 Å². The molecule has 2 atom stereocenters. The molecule has 2 aliphatic heterocycles. The van der Waals surface area contributed by atoms with E-state index in [2.05, 4.69) is 11.1 Å². The highest BCUT2D eigenvalue weighted by molar-refractivity contribution is 7.91. The second-order valence-corrected chi connectivity index (χ2v) is 9.63. The van der Waals surface area contributed by atoms with Gasteiger partial charge in [0.1, 0.15) is 11.7 Å². The second-order valence-electron chi connectivity index (χ2n) is 7.57. The first-order valence-electron chi connectivity index (χ1n) is 10.4. The Morgan fingerprint density at radius 1 is 1.17 bits per heavy atom. The van der Waals surface area contributed by atoms with E-state index in [1.54, 1.807) is 6.92 Å². The van der Waals surface area contributed by atoms with E-state index >= 15 is 0 Å². The number of allylic oxidation sites excluding steroid dienone is 1. The quantitative estimate of drug-likeness (QED) is 0.607. The fraction of sp³-hybridized carbons (Fsp3) is 0.591. The number of ether oxygens (including phenoxy) is 3. The maximum atomic E-state index is 12.3. The molecule has 0 radical (unpaired) electrons. The Labute approximate surface area is 173 Å². The molecule has 29 heavy (non-hydrogen) atoms. The van der Waals surface area contributed by atoms with Crippen LogP contribution in [0.15, 0.2) is 35.3 Å². The molecule has 0 amide bonds. The largest absolute Gasteiger partial charge is 0.493 e. The lowest BCUT2D eigenvalue weighted by atomic mass is 9.91. The van der Waals surface area contributed by atoms with Crippen molar-refractivity contribution in [3.05, 3.63) is 35.9 Å². The van der Waals surface area contributed by atoms with Gasteiger partial charge in [0.15, 0.2) is 9.84 Å². The van der Waals surface area contributed by atoms with Crippen LogP contribution in [0.2, 0.25) is 0 Å². The van der Waals surface area contributed by atoms with Gasteiger partial charge >= 0.3 is 0 Å². The lowest BCUT2D eigenvalue weighted by Gasteiger charge is -2.31. The van der Waals surface area contributed by atoms with Gasteiger partial charge < -0.3 is 14.2 Å². The molecule has 3 rings (SSSR count). The van der Waals surface area contributed by atoms with E-state index in [1.165, 1.54) is 0 Å². The minimum atomic E-state index is -3.23. The van der Waals surface area contributed by atoms with Crippen LogP contribution in [0, 0.1) is 11.8 Å². The fourth-order valence-corrected chi connectivity index (χ4v) is 5.22. The molecule has 1 aromatic rings. The SMILES string of the molecule is CCOCS(=O)(=O)CC1CCOCC1COc1ccc(C2=CCCCC=N2)cc1. The molecular formula is C22H31NO5S. The van der Waals surface area contributed by atoms with Crippen molar-refractivity contribution in [2.45, 2.75) is 32.6 Å². The molecule has 0 bridgehead atoms. The van der Waals surface area contributed by atoms with Crippen LogP contribution in [0.25, 0.3) is 5.70 Å². The van der Waals surface area contributed by atoms with Crippen LogP contribution in [-0.4, -0.2) is 52.8 Å². The molecule has 6 nitrogen and oxygen atoms in total. The Hall–Kier alpha value is -1.70. The van der Waals surface area contributed by atoms with Gasteiger partial charge in [0.2, 0.25) is 0 Å². The van der Waals surface area contributed by atoms with Gasteiger partial charge in [-0.25, -0.2) is 8.42 Å². The summed E-state index contributed by atoms with van der Waals surface area (Å²) in [6.45, 7) is 3.75. The normalized spacial score (nSPS) is 22.7. The van der Waals surface area contributed by atoms with Crippen LogP contribution in [0.3, 0.4) is 0 Å². The fourth-order valence-electron chi connectivity index (χ4n) is 3.61. The average Bonchev–Trinajstić information content (AvgIpc) is 3.01. The average molecular weight is 422 g/mol. The van der Waals surface area contributed by atoms with E-state index in [0.29, 0.717) is 26.4 Å². The van der Waals surface area contributed by atoms with Crippen LogP contribution >= 0.6 is 0 Å². The molecule has 0 saturated carbocycles. The highest BCUT2D eigenvalue weighted by Crippen LogP contribution is 2.26. The number of benzene rings is 1. The molecule has 0 aliphatic carbocycles. The molecule has 0 aromatic heterocycles. The topological polar surface area (TPSA) is 74.2 Å². The van der Waals surface area contributed by atoms with Crippen molar-refractivity contribution in [3.8, 4) is 5.75 Å². The molecule has 160 valence electrons. The van der Waals surface area contributed by atoms with Gasteiger partial charge in [-0.3, -0.25) is 4.99 Å². The third kappa shape index (κ3) is 6.94. The Morgan fingerprint density at radius 3 is 2.79 bits per heavy atom. The van der Waals surface area contributed by atoms with Crippen molar-refractivity contribution >= 4 is 21.7 Å². The number of sulfone groups is 1. The predicted octanol–water partition coefficient (Wildman–Crippen LogP) is 3.72. The first-order chi connectivity index (χ1) is 14.1. The third-order valence-electron chi connectivity index (χ3n) is 5.29. The van der Waals surface area contributed by atoms with E-state index in [4.69, 9.17) is 14.2 Å². The van der Waals surface area contributed by atoms with Gasteiger partial charge in [-0.05, 0) is 62.8 Å². The molecule has 1 fully saturated rings. The maximum Gasteiger partial charge on any atom is 0.174 e. The molecule has 1 saturated heterocycles. The highest BCUT2D eigenvalue weighted by Gasteiger charge is 2.30. The number of aliphatic imine (C=N–C) groups is 1. The Morgan fingerprint density at radius 2 is 2.00 bits per heavy atom. The summed E-state index contributed by atoms with van der Waals surface area (Å²) >= 11 is 0. The monoisotopic (exact) mass is 421 g/mol. The van der Waals surface area contributed by atoms with Crippen LogP contribution in [-0.2, 0) is 19.3 Å². The van der Waals surface area contributed by atoms with Crippen LogP contribution in [0.4, 0.5) is 0 Å². The van der Waals surface area contributed by atoms with Crippen molar-refractivity contribution in [2.75, 3.05) is 38.1 Å². The smallest absolute Gasteiger partial charge is 0.174 e. The predicted molar refractivity (Wildman–Crippen MR) is 115 cm³/mol. The molecule has 2 aliphatic rings. The van der Waals surface area contributed by atoms with Gasteiger partial charge in [-0.1, -0.05) is 6.08 Å². The number of nitrogens with zero attached hydrogens (tertiary/aromatic N) is 1. The Kier molecular flexibility index (Phi) is 8.27. The summed E-state index contributed by atoms with van der Waals surface area (Å²) in [7, 11) is -3.23. The van der Waals surface area contributed by atoms with E-state index in [9.17, 15) is 8.42 Å².